The van der Waals surface area contributed by atoms with Gasteiger partial charge in [-0.15, -0.1) is 24.5 Å². The van der Waals surface area contributed by atoms with E-state index in [1.54, 1.807) is 37.0 Å². The van der Waals surface area contributed by atoms with Crippen LogP contribution in [0.15, 0.2) is 79.2 Å². The summed E-state index contributed by atoms with van der Waals surface area (Å²) < 4.78 is 23.1. The van der Waals surface area contributed by atoms with Crippen molar-refractivity contribution in [1.29, 1.82) is 0 Å². The van der Waals surface area contributed by atoms with Gasteiger partial charge in [0.05, 0.1) is 38.6 Å². The number of thiazole rings is 1. The molecule has 3 heterocycles. The molecule has 1 saturated heterocycles. The van der Waals surface area contributed by atoms with Crippen LogP contribution in [0.2, 0.25) is 0 Å². The summed E-state index contributed by atoms with van der Waals surface area (Å²) in [6.07, 6.45) is 7.11. The highest BCUT2D eigenvalue weighted by molar-refractivity contribution is 7.13. The van der Waals surface area contributed by atoms with Gasteiger partial charge in [-0.05, 0) is 68.4 Å². The first kappa shape index (κ1) is 42.2. The average molecular weight is 810 g/mol. The Morgan fingerprint density at radius 2 is 1.79 bits per heavy atom. The average Bonchev–Trinajstić information content (AvgIpc) is 3.50. The van der Waals surface area contributed by atoms with Crippen molar-refractivity contribution in [2.75, 3.05) is 33.9 Å². The highest BCUT2D eigenvalue weighted by atomic mass is 32.1. The van der Waals surface area contributed by atoms with E-state index in [2.05, 4.69) is 32.3 Å². The monoisotopic (exact) mass is 809 g/mol. The van der Waals surface area contributed by atoms with E-state index >= 15 is 0 Å². The van der Waals surface area contributed by atoms with Crippen molar-refractivity contribution in [3.05, 3.63) is 90.5 Å². The number of carbonyl (C=O) groups is 3. The molecule has 0 spiro atoms. The van der Waals surface area contributed by atoms with E-state index < -0.39 is 29.6 Å². The smallest absolute Gasteiger partial charge is 0.332 e. The van der Waals surface area contributed by atoms with E-state index in [4.69, 9.17) is 28.9 Å². The molecule has 4 atom stereocenters. The maximum atomic E-state index is 14.9. The molecule has 1 aliphatic heterocycles. The molecule has 3 amide bonds. The zero-order valence-corrected chi connectivity index (χ0v) is 35.0. The Morgan fingerprint density at radius 3 is 2.45 bits per heavy atom. The zero-order valence-electron chi connectivity index (χ0n) is 34.2. The Hall–Kier alpha value is -5.43. The summed E-state index contributed by atoms with van der Waals surface area (Å²) in [5.74, 6) is 0.939. The third-order valence-electron chi connectivity index (χ3n) is 10.8. The van der Waals surface area contributed by atoms with Gasteiger partial charge in [-0.2, -0.15) is 0 Å². The van der Waals surface area contributed by atoms with Gasteiger partial charge in [0.1, 0.15) is 45.6 Å². The fourth-order valence-electron chi connectivity index (χ4n) is 7.41. The van der Waals surface area contributed by atoms with E-state index in [1.807, 2.05) is 60.0 Å². The predicted octanol–water partition coefficient (Wildman–Crippen LogP) is 8.31. The van der Waals surface area contributed by atoms with Crippen LogP contribution in [0.5, 0.6) is 17.2 Å². The lowest BCUT2D eigenvalue weighted by molar-refractivity contribution is -0.149. The Morgan fingerprint density at radius 1 is 1.03 bits per heavy atom. The molecule has 1 aliphatic carbocycles. The van der Waals surface area contributed by atoms with Crippen molar-refractivity contribution in [2.45, 2.75) is 89.4 Å². The lowest BCUT2D eigenvalue weighted by Crippen LogP contribution is -2.55. The topological polar surface area (TPSA) is 132 Å². The number of aromatic nitrogens is 2. The number of ether oxygens (including phenoxy) is 4. The number of likely N-dealkylation sites (tertiary alicyclic amines) is 1. The van der Waals surface area contributed by atoms with Crippen LogP contribution in [0, 0.1) is 5.92 Å². The number of esters is 1. The second kappa shape index (κ2) is 18.9. The van der Waals surface area contributed by atoms with E-state index in [0.29, 0.717) is 42.2 Å². The third kappa shape index (κ3) is 9.47. The molecule has 2 aromatic heterocycles. The van der Waals surface area contributed by atoms with Gasteiger partial charge in [-0.1, -0.05) is 44.6 Å². The first-order valence-electron chi connectivity index (χ1n) is 20.1. The number of fused-ring (bicyclic) bond motifs is 1. The maximum absolute atomic E-state index is 14.9. The Balaban J connectivity index is 1.34. The lowest BCUT2D eigenvalue weighted by atomic mass is 10.1. The van der Waals surface area contributed by atoms with Crippen LogP contribution in [0.25, 0.3) is 21.6 Å². The Labute approximate surface area is 345 Å². The van der Waals surface area contributed by atoms with Crippen molar-refractivity contribution in [1.82, 2.24) is 25.1 Å². The number of amides is 3. The van der Waals surface area contributed by atoms with Crippen molar-refractivity contribution < 1.29 is 33.3 Å². The fourth-order valence-corrected chi connectivity index (χ4v) is 8.35. The minimum atomic E-state index is -1.23. The molecule has 4 aromatic rings. The van der Waals surface area contributed by atoms with Gasteiger partial charge in [0.25, 0.3) is 0 Å². The highest BCUT2D eigenvalue weighted by Crippen LogP contribution is 2.46. The minimum absolute atomic E-state index is 0.133. The number of nitrogens with one attached hydrogen (secondary N) is 1. The molecule has 308 valence electrons. The Kier molecular flexibility index (Phi) is 13.7. The number of carbonyl (C=O) groups excluding carboxylic acids is 3. The summed E-state index contributed by atoms with van der Waals surface area (Å²) in [4.78, 5) is 55.8. The summed E-state index contributed by atoms with van der Waals surface area (Å²) in [7, 11) is 3.22. The van der Waals surface area contributed by atoms with Crippen LogP contribution in [0.3, 0.4) is 0 Å². The summed E-state index contributed by atoms with van der Waals surface area (Å²) in [5.41, 5.74) is 1.99. The van der Waals surface area contributed by atoms with Crippen molar-refractivity contribution in [3.63, 3.8) is 0 Å². The maximum Gasteiger partial charge on any atom is 0.332 e. The number of hydrogen-bond donors (Lipinski definition) is 1. The van der Waals surface area contributed by atoms with Crippen LogP contribution < -0.4 is 19.5 Å². The quantitative estimate of drug-likeness (QED) is 0.0564. The van der Waals surface area contributed by atoms with E-state index in [1.165, 1.54) is 11.3 Å². The van der Waals surface area contributed by atoms with Crippen LogP contribution >= 0.6 is 11.3 Å². The molecule has 1 saturated carbocycles. The molecule has 0 radical (unpaired) electrons. The second-order valence-corrected chi connectivity index (χ2v) is 16.0. The van der Waals surface area contributed by atoms with E-state index in [9.17, 15) is 14.4 Å². The summed E-state index contributed by atoms with van der Waals surface area (Å²) in [5, 5.41) is 6.56. The van der Waals surface area contributed by atoms with Gasteiger partial charge in [0, 0.05) is 48.3 Å². The normalized spacial score (nSPS) is 19.8. The molecule has 6 rings (SSSR count). The van der Waals surface area contributed by atoms with Gasteiger partial charge >= 0.3 is 12.0 Å². The number of urea groups is 1. The van der Waals surface area contributed by atoms with Gasteiger partial charge in [0.15, 0.2) is 0 Å². The van der Waals surface area contributed by atoms with E-state index in [-0.39, 0.29) is 37.4 Å². The summed E-state index contributed by atoms with van der Waals surface area (Å²) >= 11 is 1.52. The van der Waals surface area contributed by atoms with Crippen molar-refractivity contribution in [3.8, 4) is 28.0 Å². The second-order valence-electron chi connectivity index (χ2n) is 15.2. The van der Waals surface area contributed by atoms with E-state index in [0.717, 1.165) is 53.1 Å². The summed E-state index contributed by atoms with van der Waals surface area (Å²) in [6.45, 7) is 14.8. The van der Waals surface area contributed by atoms with Crippen LogP contribution in [0.1, 0.15) is 76.5 Å². The van der Waals surface area contributed by atoms with Crippen LogP contribution in [-0.2, 0) is 20.9 Å². The Bertz CT molecular complexity index is 2100. The zero-order chi connectivity index (χ0) is 41.4. The van der Waals surface area contributed by atoms with Gasteiger partial charge in [-0.25, -0.2) is 19.6 Å². The number of benzene rings is 2. The number of unbranched alkanes of at least 4 members (excludes halogenated alkanes) is 3. The SMILES string of the molecule is C=CCCCCCN(Cc1ccc(OC)cc1)C(=O)N1CC(Oc2cc(-c3nc(C(C)C)cs3)nc3cc(OC)ccc23)CC1C(=O)NC1(C(=O)OCC)CC1C=C. The van der Waals surface area contributed by atoms with Crippen LogP contribution in [0.4, 0.5) is 4.79 Å². The van der Waals surface area contributed by atoms with Crippen molar-refractivity contribution >= 4 is 40.1 Å². The molecule has 13 heteroatoms. The molecule has 4 unspecified atom stereocenters. The largest absolute Gasteiger partial charge is 0.497 e. The number of rotatable bonds is 19. The lowest BCUT2D eigenvalue weighted by Gasteiger charge is -2.32. The molecular weight excluding hydrogens is 755 g/mol. The molecule has 1 N–H and O–H groups in total. The minimum Gasteiger partial charge on any atom is -0.497 e. The highest BCUT2D eigenvalue weighted by Gasteiger charge is 2.62. The molecule has 12 nitrogen and oxygen atoms in total. The van der Waals surface area contributed by atoms with Gasteiger partial charge in [0.2, 0.25) is 5.91 Å². The first-order valence-corrected chi connectivity index (χ1v) is 20.9. The molecule has 58 heavy (non-hydrogen) atoms. The number of pyridine rings is 1. The molecule has 2 aromatic carbocycles. The first-order chi connectivity index (χ1) is 28.0. The van der Waals surface area contributed by atoms with Crippen LogP contribution in [-0.4, -0.2) is 89.3 Å². The molecular formula is C45H55N5O7S. The van der Waals surface area contributed by atoms with Gasteiger partial charge < -0.3 is 34.1 Å². The number of allylic oxidation sites excluding steroid dienone is 1. The van der Waals surface area contributed by atoms with Crippen molar-refractivity contribution in [2.24, 2.45) is 5.92 Å². The molecule has 2 aliphatic rings. The fraction of sp³-hybridized carbons (Fsp3) is 0.444. The number of hydrogen-bond acceptors (Lipinski definition) is 10. The third-order valence-corrected chi connectivity index (χ3v) is 11.7. The molecule has 0 bridgehead atoms. The summed E-state index contributed by atoms with van der Waals surface area (Å²) in [6, 6.07) is 13.9. The molecule has 2 fully saturated rings. The predicted molar refractivity (Wildman–Crippen MR) is 226 cm³/mol. The van der Waals surface area contributed by atoms with Gasteiger partial charge in [-0.3, -0.25) is 4.79 Å². The number of methoxy groups -OCH3 is 2. The number of nitrogens with zero attached hydrogens (tertiary/aromatic N) is 4. The standard InChI is InChI=1S/C45H55N5O7S/c1-8-11-12-13-14-21-49(26-30-15-17-32(54-6)18-16-30)44(53)50-27-34(23-39(50)41(51)48-45(25-31(45)9-2)43(52)56-10-3)57-40-24-37(42-47-38(28-58-42)29(4)5)46-36-22-33(55-7)19-20-35(36)40/h8-9,15-20,22,24,28-29,31,34,39H,1-2,10-14,21,23,25-27H2,3-7H3,(H,48,51).